The summed E-state index contributed by atoms with van der Waals surface area (Å²) in [6, 6.07) is 15.8. The van der Waals surface area contributed by atoms with Crippen molar-refractivity contribution in [3.63, 3.8) is 0 Å². The molecule has 4 aromatic rings. The second-order valence-corrected chi connectivity index (χ2v) is 7.45. The number of hydrogen-bond donors (Lipinski definition) is 1. The maximum atomic E-state index is 14.2. The molecule has 0 aliphatic rings. The number of ether oxygens (including phenoxy) is 2. The Morgan fingerprint density at radius 1 is 1.12 bits per heavy atom. The number of benzene rings is 2. The van der Waals surface area contributed by atoms with E-state index in [9.17, 15) is 13.2 Å². The summed E-state index contributed by atoms with van der Waals surface area (Å²) in [4.78, 5) is 0. The molecule has 2 heterocycles. The fraction of sp³-hybridized carbons (Fsp3) is 0.208. The number of methoxy groups -OCH3 is 1. The summed E-state index contributed by atoms with van der Waals surface area (Å²) in [6.45, 7) is 1.98. The van der Waals surface area contributed by atoms with Gasteiger partial charge >= 0.3 is 0 Å². The number of aromatic amines is 1. The van der Waals surface area contributed by atoms with Gasteiger partial charge in [-0.3, -0.25) is 5.10 Å². The fourth-order valence-corrected chi connectivity index (χ4v) is 3.47. The molecule has 34 heavy (non-hydrogen) atoms. The van der Waals surface area contributed by atoms with E-state index in [1.165, 1.54) is 35.0 Å². The van der Waals surface area contributed by atoms with Crippen LogP contribution >= 0.6 is 0 Å². The van der Waals surface area contributed by atoms with Gasteiger partial charge in [0.1, 0.15) is 23.3 Å². The van der Waals surface area contributed by atoms with Crippen LogP contribution in [0.5, 0.6) is 5.75 Å². The summed E-state index contributed by atoms with van der Waals surface area (Å²) in [5.41, 5.74) is 1.85. The van der Waals surface area contributed by atoms with E-state index in [1.807, 2.05) is 18.2 Å². The number of alkyl halides is 2. The van der Waals surface area contributed by atoms with E-state index in [4.69, 9.17) is 14.7 Å². The third-order valence-electron chi connectivity index (χ3n) is 5.23. The number of halogens is 3. The lowest BCUT2D eigenvalue weighted by molar-refractivity contribution is 0.0522. The Bertz CT molecular complexity index is 1330. The van der Waals surface area contributed by atoms with Gasteiger partial charge in [0.05, 0.1) is 36.9 Å². The highest BCUT2D eigenvalue weighted by Crippen LogP contribution is 2.32. The van der Waals surface area contributed by atoms with Crippen molar-refractivity contribution in [3.05, 3.63) is 82.9 Å². The minimum Gasteiger partial charge on any atom is -0.497 e. The first-order chi connectivity index (χ1) is 16.4. The monoisotopic (exact) mass is 467 g/mol. The van der Waals surface area contributed by atoms with Crippen LogP contribution in [0.25, 0.3) is 17.1 Å². The molecule has 0 saturated carbocycles. The number of H-pyrrole nitrogens is 1. The molecule has 0 aliphatic heterocycles. The molecule has 7 nitrogen and oxygen atoms in total. The van der Waals surface area contributed by atoms with Gasteiger partial charge in [-0.05, 0) is 48.9 Å². The molecule has 0 unspecified atom stereocenters. The first kappa shape index (κ1) is 23.1. The van der Waals surface area contributed by atoms with Crippen LogP contribution < -0.4 is 4.74 Å². The van der Waals surface area contributed by atoms with Crippen molar-refractivity contribution in [3.8, 4) is 28.9 Å². The van der Waals surface area contributed by atoms with Crippen LogP contribution in [0.2, 0.25) is 0 Å². The molecule has 0 spiro atoms. The molecule has 1 N–H and O–H groups in total. The molecule has 0 aliphatic carbocycles. The van der Waals surface area contributed by atoms with Crippen molar-refractivity contribution in [1.82, 2.24) is 20.0 Å². The Balaban J connectivity index is 1.70. The van der Waals surface area contributed by atoms with Crippen molar-refractivity contribution in [2.24, 2.45) is 0 Å². The largest absolute Gasteiger partial charge is 0.497 e. The summed E-state index contributed by atoms with van der Waals surface area (Å²) >= 11 is 0. The van der Waals surface area contributed by atoms with E-state index >= 15 is 0 Å². The van der Waals surface area contributed by atoms with Gasteiger partial charge in [-0.2, -0.15) is 15.5 Å². The molecular weight excluding hydrogens is 447 g/mol. The Labute approximate surface area is 193 Å². The number of nitrogens with one attached hydrogen (secondary N) is 1. The number of aromatic nitrogens is 4. The van der Waals surface area contributed by atoms with E-state index < -0.39 is 24.0 Å². The molecule has 0 fully saturated rings. The SMILES string of the molecule is COc1ccc(CO[C@H](C)c2cc(F)ccc2-n2nc(C(F)F)cc2-c2cc(C#N)n[nH]2)cc1. The third-order valence-corrected chi connectivity index (χ3v) is 5.23. The molecule has 10 heteroatoms. The molecule has 2 aromatic heterocycles. The molecular formula is C24H20F3N5O2. The van der Waals surface area contributed by atoms with Crippen molar-refractivity contribution < 1.29 is 22.6 Å². The zero-order chi connectivity index (χ0) is 24.2. The minimum absolute atomic E-state index is 0.0943. The van der Waals surface area contributed by atoms with Gasteiger partial charge in [0.15, 0.2) is 5.69 Å². The molecule has 1 atom stereocenters. The summed E-state index contributed by atoms with van der Waals surface area (Å²) in [5, 5.41) is 19.6. The average molecular weight is 467 g/mol. The normalized spacial score (nSPS) is 12.0. The lowest BCUT2D eigenvalue weighted by Crippen LogP contribution is -2.09. The molecule has 174 valence electrons. The Morgan fingerprint density at radius 2 is 1.88 bits per heavy atom. The van der Waals surface area contributed by atoms with Gasteiger partial charge in [0.25, 0.3) is 6.43 Å². The van der Waals surface area contributed by atoms with Crippen molar-refractivity contribution in [2.75, 3.05) is 7.11 Å². The smallest absolute Gasteiger partial charge is 0.282 e. The predicted molar refractivity (Wildman–Crippen MR) is 117 cm³/mol. The zero-order valence-corrected chi connectivity index (χ0v) is 18.3. The second-order valence-electron chi connectivity index (χ2n) is 7.45. The maximum absolute atomic E-state index is 14.2. The highest BCUT2D eigenvalue weighted by Gasteiger charge is 2.23. The summed E-state index contributed by atoms with van der Waals surface area (Å²) < 4.78 is 53.6. The molecule has 0 radical (unpaired) electrons. The average Bonchev–Trinajstić information content (AvgIpc) is 3.50. The minimum atomic E-state index is -2.83. The van der Waals surface area contributed by atoms with E-state index in [0.29, 0.717) is 22.7 Å². The van der Waals surface area contributed by atoms with Crippen LogP contribution in [-0.2, 0) is 11.3 Å². The topological polar surface area (TPSA) is 88.8 Å². The Kier molecular flexibility index (Phi) is 6.65. The van der Waals surface area contributed by atoms with Gasteiger partial charge in [-0.1, -0.05) is 12.1 Å². The first-order valence-corrected chi connectivity index (χ1v) is 10.3. The third kappa shape index (κ3) is 4.79. The highest BCUT2D eigenvalue weighted by molar-refractivity contribution is 5.61. The second kappa shape index (κ2) is 9.80. The molecule has 4 rings (SSSR count). The molecule has 0 saturated heterocycles. The molecule has 0 bridgehead atoms. The number of nitrogens with zero attached hydrogens (tertiary/aromatic N) is 4. The Hall–Kier alpha value is -4.10. The predicted octanol–water partition coefficient (Wildman–Crippen LogP) is 5.50. The van der Waals surface area contributed by atoms with Crippen LogP contribution in [0, 0.1) is 17.1 Å². The fourth-order valence-electron chi connectivity index (χ4n) is 3.47. The van der Waals surface area contributed by atoms with Gasteiger partial charge < -0.3 is 9.47 Å². The number of nitriles is 1. The van der Waals surface area contributed by atoms with E-state index in [0.717, 1.165) is 5.56 Å². The molecule has 2 aromatic carbocycles. The highest BCUT2D eigenvalue weighted by atomic mass is 19.3. The van der Waals surface area contributed by atoms with Gasteiger partial charge in [-0.15, -0.1) is 0 Å². The van der Waals surface area contributed by atoms with Crippen LogP contribution in [-0.4, -0.2) is 27.1 Å². The summed E-state index contributed by atoms with van der Waals surface area (Å²) in [7, 11) is 1.58. The first-order valence-electron chi connectivity index (χ1n) is 10.3. The Morgan fingerprint density at radius 3 is 2.53 bits per heavy atom. The maximum Gasteiger partial charge on any atom is 0.282 e. The van der Waals surface area contributed by atoms with E-state index in [1.54, 1.807) is 26.2 Å². The van der Waals surface area contributed by atoms with Crippen molar-refractivity contribution >= 4 is 0 Å². The lowest BCUT2D eigenvalue weighted by Gasteiger charge is -2.19. The van der Waals surface area contributed by atoms with Crippen LogP contribution in [0.1, 0.15) is 42.0 Å². The van der Waals surface area contributed by atoms with Crippen LogP contribution in [0.3, 0.4) is 0 Å². The number of hydrogen-bond acceptors (Lipinski definition) is 5. The molecule has 0 amide bonds. The number of rotatable bonds is 8. The van der Waals surface area contributed by atoms with Gasteiger partial charge in [0, 0.05) is 11.6 Å². The lowest BCUT2D eigenvalue weighted by atomic mass is 10.1. The van der Waals surface area contributed by atoms with Gasteiger partial charge in [0.2, 0.25) is 0 Å². The van der Waals surface area contributed by atoms with E-state index in [-0.39, 0.29) is 18.0 Å². The van der Waals surface area contributed by atoms with Crippen molar-refractivity contribution in [2.45, 2.75) is 26.1 Å². The summed E-state index contributed by atoms with van der Waals surface area (Å²) in [5.74, 6) is 0.207. The van der Waals surface area contributed by atoms with Crippen LogP contribution in [0.15, 0.2) is 54.6 Å². The zero-order valence-electron chi connectivity index (χ0n) is 18.3. The van der Waals surface area contributed by atoms with Crippen LogP contribution in [0.4, 0.5) is 13.2 Å². The summed E-state index contributed by atoms with van der Waals surface area (Å²) in [6.07, 6.45) is -3.43. The van der Waals surface area contributed by atoms with Crippen molar-refractivity contribution in [1.29, 1.82) is 5.26 Å². The van der Waals surface area contributed by atoms with Gasteiger partial charge in [-0.25, -0.2) is 17.9 Å². The van der Waals surface area contributed by atoms with E-state index in [2.05, 4.69) is 15.3 Å². The standard InChI is InChI=1S/C24H20F3N5O2/c1-14(34-13-15-3-6-18(33-2)7-4-15)19-9-16(25)5-8-22(19)32-23(11-21(31-32)24(26)27)20-10-17(12-28)29-30-20/h3-11,14,24H,13H2,1-2H3,(H,29,30)/t14-/m1/s1. The quantitative estimate of drug-likeness (QED) is 0.370.